The van der Waals surface area contributed by atoms with E-state index in [9.17, 15) is 9.90 Å². The Hall–Kier alpha value is -1.82. The zero-order chi connectivity index (χ0) is 17.3. The van der Waals surface area contributed by atoms with E-state index in [0.29, 0.717) is 22.6 Å². The summed E-state index contributed by atoms with van der Waals surface area (Å²) in [5.74, 6) is 0.682. The maximum absolute atomic E-state index is 11.4. The molecule has 0 radical (unpaired) electrons. The Morgan fingerprint density at radius 1 is 1.46 bits per heavy atom. The molecule has 2 heterocycles. The highest BCUT2D eigenvalue weighted by atomic mass is 35.5. The fraction of sp³-hybridized carbons (Fsp3) is 0.588. The lowest BCUT2D eigenvalue weighted by atomic mass is 9.99. The highest BCUT2D eigenvalue weighted by Crippen LogP contribution is 2.41. The highest BCUT2D eigenvalue weighted by molar-refractivity contribution is 6.30. The number of hydrogen-bond acceptors (Lipinski definition) is 4. The van der Waals surface area contributed by atoms with Crippen molar-refractivity contribution in [3.8, 4) is 0 Å². The lowest BCUT2D eigenvalue weighted by Gasteiger charge is -2.19. The van der Waals surface area contributed by atoms with Crippen molar-refractivity contribution in [2.75, 3.05) is 11.9 Å². The normalized spacial score (nSPS) is 15.5. The summed E-state index contributed by atoms with van der Waals surface area (Å²) < 4.78 is 1.60. The maximum Gasteiger partial charge on any atom is 0.341 e. The molecular weight excluding hydrogens is 328 g/mol. The van der Waals surface area contributed by atoms with Gasteiger partial charge >= 0.3 is 5.97 Å². The van der Waals surface area contributed by atoms with Gasteiger partial charge in [-0.3, -0.25) is 0 Å². The van der Waals surface area contributed by atoms with Crippen LogP contribution in [0.2, 0.25) is 5.15 Å². The largest absolute Gasteiger partial charge is 0.477 e. The lowest BCUT2D eigenvalue weighted by Crippen LogP contribution is -2.14. The average molecular weight is 351 g/mol. The number of nitrogens with zero attached hydrogens (tertiary/aromatic N) is 3. The number of nitrogens with one attached hydrogen (secondary N) is 1. The first-order valence-electron chi connectivity index (χ1n) is 8.53. The number of carboxylic acid groups (broad SMARTS) is 1. The van der Waals surface area contributed by atoms with Gasteiger partial charge in [0.2, 0.25) is 0 Å². The van der Waals surface area contributed by atoms with Gasteiger partial charge < -0.3 is 10.4 Å². The van der Waals surface area contributed by atoms with Gasteiger partial charge in [0.05, 0.1) is 6.20 Å². The van der Waals surface area contributed by atoms with E-state index in [1.54, 1.807) is 4.52 Å². The fourth-order valence-electron chi connectivity index (χ4n) is 3.35. The van der Waals surface area contributed by atoms with E-state index < -0.39 is 5.97 Å². The van der Waals surface area contributed by atoms with Gasteiger partial charge in [-0.1, -0.05) is 38.3 Å². The minimum atomic E-state index is -1.05. The fourth-order valence-corrected chi connectivity index (χ4v) is 3.68. The first-order chi connectivity index (χ1) is 11.5. The van der Waals surface area contributed by atoms with Crippen LogP contribution in [0.15, 0.2) is 6.20 Å². The Morgan fingerprint density at radius 3 is 2.79 bits per heavy atom. The van der Waals surface area contributed by atoms with E-state index in [-0.39, 0.29) is 5.56 Å². The number of hydrogen-bond donors (Lipinski definition) is 2. The van der Waals surface area contributed by atoms with Crippen LogP contribution in [-0.2, 0) is 0 Å². The molecule has 0 spiro atoms. The Kier molecular flexibility index (Phi) is 4.94. The predicted octanol–water partition coefficient (Wildman–Crippen LogP) is 4.20. The zero-order valence-electron chi connectivity index (χ0n) is 14.0. The minimum Gasteiger partial charge on any atom is -0.477 e. The van der Waals surface area contributed by atoms with Gasteiger partial charge in [-0.2, -0.15) is 9.61 Å². The molecule has 130 valence electrons. The van der Waals surface area contributed by atoms with E-state index >= 15 is 0 Å². The van der Waals surface area contributed by atoms with Crippen molar-refractivity contribution in [3.63, 3.8) is 0 Å². The van der Waals surface area contributed by atoms with Crippen LogP contribution >= 0.6 is 11.6 Å². The molecule has 0 atom stereocenters. The number of aromatic carboxylic acids is 1. The van der Waals surface area contributed by atoms with Crippen LogP contribution in [0.4, 0.5) is 5.82 Å². The molecule has 1 aliphatic carbocycles. The second-order valence-electron chi connectivity index (χ2n) is 6.85. The molecule has 6 nitrogen and oxygen atoms in total. The molecule has 2 N–H and O–H groups in total. The Bertz CT molecular complexity index is 751. The molecule has 1 aliphatic rings. The smallest absolute Gasteiger partial charge is 0.341 e. The molecular formula is C17H23ClN4O2. The third kappa shape index (κ3) is 3.20. The summed E-state index contributed by atoms with van der Waals surface area (Å²) in [6, 6.07) is 0. The van der Waals surface area contributed by atoms with Crippen LogP contribution < -0.4 is 5.32 Å². The molecule has 3 rings (SSSR count). The van der Waals surface area contributed by atoms with Crippen molar-refractivity contribution < 1.29 is 9.90 Å². The van der Waals surface area contributed by atoms with Gasteiger partial charge in [-0.25, -0.2) is 9.78 Å². The molecule has 7 heteroatoms. The van der Waals surface area contributed by atoms with Crippen LogP contribution in [0, 0.1) is 5.92 Å². The Balaban J connectivity index is 2.09. The van der Waals surface area contributed by atoms with Crippen molar-refractivity contribution in [3.05, 3.63) is 22.5 Å². The number of halogens is 1. The third-order valence-corrected chi connectivity index (χ3v) is 4.93. The number of carboxylic acids is 1. The monoisotopic (exact) mass is 350 g/mol. The van der Waals surface area contributed by atoms with Crippen molar-refractivity contribution in [1.29, 1.82) is 0 Å². The molecule has 0 unspecified atom stereocenters. The van der Waals surface area contributed by atoms with Gasteiger partial charge in [0.1, 0.15) is 16.5 Å². The summed E-state index contributed by atoms with van der Waals surface area (Å²) >= 11 is 6.48. The van der Waals surface area contributed by atoms with E-state index in [4.69, 9.17) is 11.6 Å². The van der Waals surface area contributed by atoms with Crippen LogP contribution in [-0.4, -0.2) is 32.2 Å². The third-order valence-electron chi connectivity index (χ3n) is 4.65. The van der Waals surface area contributed by atoms with E-state index in [1.165, 1.54) is 19.0 Å². The first kappa shape index (κ1) is 17.0. The van der Waals surface area contributed by atoms with Gasteiger partial charge in [-0.05, 0) is 31.1 Å². The molecule has 2 aromatic rings. The van der Waals surface area contributed by atoms with Crippen LogP contribution in [0.25, 0.3) is 5.65 Å². The van der Waals surface area contributed by atoms with E-state index in [1.807, 2.05) is 0 Å². The second kappa shape index (κ2) is 6.97. The summed E-state index contributed by atoms with van der Waals surface area (Å²) in [6.45, 7) is 5.13. The van der Waals surface area contributed by atoms with E-state index in [0.717, 1.165) is 37.2 Å². The Morgan fingerprint density at radius 2 is 2.17 bits per heavy atom. The van der Waals surface area contributed by atoms with E-state index in [2.05, 4.69) is 29.2 Å². The minimum absolute atomic E-state index is 0.0711. The highest BCUT2D eigenvalue weighted by Gasteiger charge is 2.27. The van der Waals surface area contributed by atoms with Gasteiger partial charge in [0.15, 0.2) is 5.65 Å². The molecule has 1 fully saturated rings. The molecule has 1 saturated carbocycles. The first-order valence-corrected chi connectivity index (χ1v) is 8.91. The van der Waals surface area contributed by atoms with Crippen molar-refractivity contribution in [2.45, 2.75) is 51.9 Å². The van der Waals surface area contributed by atoms with Crippen LogP contribution in [0.5, 0.6) is 0 Å². The average Bonchev–Trinajstić information content (AvgIpc) is 3.15. The molecule has 0 aliphatic heterocycles. The van der Waals surface area contributed by atoms with Gasteiger partial charge in [-0.15, -0.1) is 0 Å². The molecule has 0 saturated heterocycles. The van der Waals surface area contributed by atoms with Crippen molar-refractivity contribution in [2.24, 2.45) is 5.92 Å². The predicted molar refractivity (Wildman–Crippen MR) is 94.1 cm³/mol. The molecule has 0 aromatic carbocycles. The summed E-state index contributed by atoms with van der Waals surface area (Å²) in [4.78, 5) is 15.7. The number of aromatic nitrogens is 3. The molecule has 0 bridgehead atoms. The number of anilines is 1. The van der Waals surface area contributed by atoms with Crippen molar-refractivity contribution in [1.82, 2.24) is 14.6 Å². The summed E-state index contributed by atoms with van der Waals surface area (Å²) in [7, 11) is 0. The number of fused-ring (bicyclic) bond motifs is 1. The molecule has 24 heavy (non-hydrogen) atoms. The molecule has 0 amide bonds. The zero-order valence-corrected chi connectivity index (χ0v) is 14.8. The summed E-state index contributed by atoms with van der Waals surface area (Å²) in [6.07, 6.45) is 6.89. The summed E-state index contributed by atoms with van der Waals surface area (Å²) in [5, 5.41) is 17.4. The van der Waals surface area contributed by atoms with Crippen LogP contribution in [0.1, 0.15) is 67.8 Å². The number of carbonyl (C=O) groups is 1. The topological polar surface area (TPSA) is 79.5 Å². The van der Waals surface area contributed by atoms with Gasteiger partial charge in [0, 0.05) is 12.1 Å². The van der Waals surface area contributed by atoms with Crippen molar-refractivity contribution >= 4 is 29.0 Å². The molecule has 2 aromatic heterocycles. The van der Waals surface area contributed by atoms with Crippen LogP contribution in [0.3, 0.4) is 0 Å². The Labute approximate surface area is 146 Å². The maximum atomic E-state index is 11.4. The quantitative estimate of drug-likeness (QED) is 0.763. The second-order valence-corrected chi connectivity index (χ2v) is 7.21. The van der Waals surface area contributed by atoms with Gasteiger partial charge in [0.25, 0.3) is 0 Å². The lowest BCUT2D eigenvalue weighted by molar-refractivity contribution is 0.0699. The number of rotatable bonds is 6. The standard InChI is InChI=1S/C17H23ClN4O2/c1-10(2)7-8-19-16-13(11-5-3-4-6-11)14(18)21-15-12(17(23)24)9-20-22(15)16/h9-11,19H,3-8H2,1-2H3,(H,23,24). The SMILES string of the molecule is CC(C)CCNc1c(C2CCCC2)c(Cl)nc2c(C(=O)O)cnn12. The summed E-state index contributed by atoms with van der Waals surface area (Å²) in [5.41, 5.74) is 1.34.